The van der Waals surface area contributed by atoms with Crippen LogP contribution in [-0.2, 0) is 0 Å². The molecule has 3 aromatic rings. The zero-order valence-electron chi connectivity index (χ0n) is 11.8. The summed E-state index contributed by atoms with van der Waals surface area (Å²) in [6.45, 7) is 2.21. The molecule has 0 atom stereocenters. The Bertz CT molecular complexity index is 709. The number of anilines is 1. The first-order chi connectivity index (χ1) is 10.4. The minimum absolute atomic E-state index is 0.633. The van der Waals surface area contributed by atoms with Crippen LogP contribution in [0, 0.1) is 0 Å². The van der Waals surface area contributed by atoms with E-state index in [9.17, 15) is 0 Å². The molecule has 1 fully saturated rings. The van der Waals surface area contributed by atoms with E-state index < -0.39 is 0 Å². The van der Waals surface area contributed by atoms with Gasteiger partial charge in [0.2, 0.25) is 5.89 Å². The minimum atomic E-state index is 0.633. The zero-order chi connectivity index (χ0) is 14.1. The number of hydrogen-bond donors (Lipinski definition) is 0. The SMILES string of the molecule is c1ccc2oc(-c3ccc(N4CCCCC4)nc3)nc2c1. The third-order valence-electron chi connectivity index (χ3n) is 3.97. The predicted octanol–water partition coefficient (Wildman–Crippen LogP) is 3.88. The number of fused-ring (bicyclic) bond motifs is 1. The summed E-state index contributed by atoms with van der Waals surface area (Å²) >= 11 is 0. The topological polar surface area (TPSA) is 42.2 Å². The number of piperidine rings is 1. The maximum absolute atomic E-state index is 5.77. The lowest BCUT2D eigenvalue weighted by Crippen LogP contribution is -2.29. The molecule has 0 N–H and O–H groups in total. The highest BCUT2D eigenvalue weighted by Gasteiger charge is 2.13. The van der Waals surface area contributed by atoms with Crippen LogP contribution in [-0.4, -0.2) is 23.1 Å². The number of pyridine rings is 1. The van der Waals surface area contributed by atoms with Gasteiger partial charge in [-0.2, -0.15) is 0 Å². The van der Waals surface area contributed by atoms with Crippen molar-refractivity contribution in [1.29, 1.82) is 0 Å². The second-order valence-corrected chi connectivity index (χ2v) is 5.44. The zero-order valence-corrected chi connectivity index (χ0v) is 11.8. The van der Waals surface area contributed by atoms with Crippen LogP contribution in [0.5, 0.6) is 0 Å². The van der Waals surface area contributed by atoms with E-state index in [1.54, 1.807) is 0 Å². The van der Waals surface area contributed by atoms with Gasteiger partial charge >= 0.3 is 0 Å². The maximum atomic E-state index is 5.77. The van der Waals surface area contributed by atoms with Crippen molar-refractivity contribution >= 4 is 16.9 Å². The van der Waals surface area contributed by atoms with E-state index in [0.29, 0.717) is 5.89 Å². The van der Waals surface area contributed by atoms with Crippen LogP contribution < -0.4 is 4.90 Å². The van der Waals surface area contributed by atoms with Crippen LogP contribution in [0.1, 0.15) is 19.3 Å². The van der Waals surface area contributed by atoms with Crippen LogP contribution >= 0.6 is 0 Å². The largest absolute Gasteiger partial charge is 0.436 e. The van der Waals surface area contributed by atoms with E-state index in [1.165, 1.54) is 19.3 Å². The molecule has 1 aliphatic rings. The van der Waals surface area contributed by atoms with Gasteiger partial charge in [0.15, 0.2) is 5.58 Å². The van der Waals surface area contributed by atoms with Crippen LogP contribution in [0.4, 0.5) is 5.82 Å². The number of rotatable bonds is 2. The van der Waals surface area contributed by atoms with Crippen LogP contribution in [0.25, 0.3) is 22.6 Å². The molecule has 4 nitrogen and oxygen atoms in total. The summed E-state index contributed by atoms with van der Waals surface area (Å²) in [5.41, 5.74) is 2.62. The number of aromatic nitrogens is 2. The number of oxazole rings is 1. The Balaban J connectivity index is 1.63. The smallest absolute Gasteiger partial charge is 0.228 e. The normalized spacial score (nSPS) is 15.5. The van der Waals surface area contributed by atoms with Crippen LogP contribution in [0.2, 0.25) is 0 Å². The van der Waals surface area contributed by atoms with Gasteiger partial charge in [-0.15, -0.1) is 0 Å². The summed E-state index contributed by atoms with van der Waals surface area (Å²) in [5.74, 6) is 1.68. The van der Waals surface area contributed by atoms with Crippen molar-refractivity contribution in [2.24, 2.45) is 0 Å². The third-order valence-corrected chi connectivity index (χ3v) is 3.97. The first-order valence-electron chi connectivity index (χ1n) is 7.47. The highest BCUT2D eigenvalue weighted by Crippen LogP contribution is 2.25. The van der Waals surface area contributed by atoms with Gasteiger partial charge in [0, 0.05) is 19.3 Å². The van der Waals surface area contributed by atoms with Crippen molar-refractivity contribution in [2.45, 2.75) is 19.3 Å². The molecule has 1 aromatic carbocycles. The second kappa shape index (κ2) is 5.20. The minimum Gasteiger partial charge on any atom is -0.436 e. The monoisotopic (exact) mass is 279 g/mol. The molecule has 0 spiro atoms. The highest BCUT2D eigenvalue weighted by atomic mass is 16.3. The second-order valence-electron chi connectivity index (χ2n) is 5.44. The lowest BCUT2D eigenvalue weighted by molar-refractivity contribution is 0.573. The standard InChI is InChI=1S/C17H17N3O/c1-4-10-20(11-5-1)16-9-8-13(12-18-16)17-19-14-6-2-3-7-15(14)21-17/h2-3,6-9,12H,1,4-5,10-11H2. The molecule has 1 aliphatic heterocycles. The molecule has 2 aromatic heterocycles. The van der Waals surface area contributed by atoms with Gasteiger partial charge in [0.1, 0.15) is 11.3 Å². The summed E-state index contributed by atoms with van der Waals surface area (Å²) < 4.78 is 5.77. The third kappa shape index (κ3) is 2.37. The van der Waals surface area contributed by atoms with E-state index in [2.05, 4.69) is 20.9 Å². The molecule has 4 heteroatoms. The van der Waals surface area contributed by atoms with Gasteiger partial charge in [-0.25, -0.2) is 9.97 Å². The number of hydrogen-bond acceptors (Lipinski definition) is 4. The molecule has 3 heterocycles. The number of para-hydroxylation sites is 2. The van der Waals surface area contributed by atoms with Gasteiger partial charge in [-0.05, 0) is 43.5 Å². The maximum Gasteiger partial charge on any atom is 0.228 e. The van der Waals surface area contributed by atoms with Gasteiger partial charge in [0.05, 0.1) is 5.56 Å². The lowest BCUT2D eigenvalue weighted by atomic mass is 10.1. The lowest BCUT2D eigenvalue weighted by Gasteiger charge is -2.27. The quantitative estimate of drug-likeness (QED) is 0.714. The predicted molar refractivity (Wildman–Crippen MR) is 83.3 cm³/mol. The summed E-state index contributed by atoms with van der Waals surface area (Å²) in [6, 6.07) is 11.9. The Hall–Kier alpha value is -2.36. The van der Waals surface area contributed by atoms with E-state index in [1.807, 2.05) is 36.5 Å². The summed E-state index contributed by atoms with van der Waals surface area (Å²) in [5, 5.41) is 0. The Kier molecular flexibility index (Phi) is 3.07. The molecule has 0 bridgehead atoms. The Labute approximate surface area is 123 Å². The fraction of sp³-hybridized carbons (Fsp3) is 0.294. The Morgan fingerprint density at radius 3 is 2.57 bits per heavy atom. The molecule has 4 rings (SSSR count). The summed E-state index contributed by atoms with van der Waals surface area (Å²) in [6.07, 6.45) is 5.70. The average Bonchev–Trinajstić information content (AvgIpc) is 3.00. The molecular formula is C17H17N3O. The van der Waals surface area contributed by atoms with Gasteiger partial charge in [-0.1, -0.05) is 12.1 Å². The molecule has 0 unspecified atom stereocenters. The van der Waals surface area contributed by atoms with Crippen molar-refractivity contribution in [2.75, 3.05) is 18.0 Å². The van der Waals surface area contributed by atoms with Gasteiger partial charge in [0.25, 0.3) is 0 Å². The van der Waals surface area contributed by atoms with Gasteiger partial charge < -0.3 is 9.32 Å². The fourth-order valence-electron chi connectivity index (χ4n) is 2.82. The van der Waals surface area contributed by atoms with E-state index in [0.717, 1.165) is 35.6 Å². The summed E-state index contributed by atoms with van der Waals surface area (Å²) in [4.78, 5) is 11.4. The van der Waals surface area contributed by atoms with Crippen molar-refractivity contribution in [1.82, 2.24) is 9.97 Å². The van der Waals surface area contributed by atoms with Crippen molar-refractivity contribution < 1.29 is 4.42 Å². The van der Waals surface area contributed by atoms with E-state index in [-0.39, 0.29) is 0 Å². The Morgan fingerprint density at radius 2 is 1.81 bits per heavy atom. The number of nitrogens with zero attached hydrogens (tertiary/aromatic N) is 3. The summed E-state index contributed by atoms with van der Waals surface area (Å²) in [7, 11) is 0. The van der Waals surface area contributed by atoms with Crippen molar-refractivity contribution in [3.8, 4) is 11.5 Å². The number of benzene rings is 1. The Morgan fingerprint density at radius 1 is 0.952 bits per heavy atom. The van der Waals surface area contributed by atoms with Crippen molar-refractivity contribution in [3.63, 3.8) is 0 Å². The van der Waals surface area contributed by atoms with E-state index >= 15 is 0 Å². The van der Waals surface area contributed by atoms with E-state index in [4.69, 9.17) is 4.42 Å². The molecule has 0 aliphatic carbocycles. The highest BCUT2D eigenvalue weighted by molar-refractivity contribution is 5.75. The first-order valence-corrected chi connectivity index (χ1v) is 7.47. The molecule has 21 heavy (non-hydrogen) atoms. The molecule has 0 radical (unpaired) electrons. The molecule has 0 saturated carbocycles. The molecule has 106 valence electrons. The fourth-order valence-corrected chi connectivity index (χ4v) is 2.82. The molecule has 1 saturated heterocycles. The average molecular weight is 279 g/mol. The van der Waals surface area contributed by atoms with Crippen LogP contribution in [0.15, 0.2) is 47.0 Å². The first kappa shape index (κ1) is 12.4. The van der Waals surface area contributed by atoms with Crippen LogP contribution in [0.3, 0.4) is 0 Å². The van der Waals surface area contributed by atoms with Gasteiger partial charge in [-0.3, -0.25) is 0 Å². The molecular weight excluding hydrogens is 262 g/mol. The molecule has 0 amide bonds. The van der Waals surface area contributed by atoms with Crippen molar-refractivity contribution in [3.05, 3.63) is 42.6 Å².